The van der Waals surface area contributed by atoms with Crippen molar-refractivity contribution in [1.82, 2.24) is 5.06 Å². The van der Waals surface area contributed by atoms with E-state index in [1.807, 2.05) is 0 Å². The van der Waals surface area contributed by atoms with Gasteiger partial charge in [0.05, 0.1) is 12.0 Å². The maximum Gasteiger partial charge on any atom is 0.330 e. The third-order valence-electron chi connectivity index (χ3n) is 1.92. The first-order chi connectivity index (χ1) is 5.89. The SMILES string of the molecule is CC(C)(C)C(=O)ON1CCC(F)C1. The Balaban J connectivity index is 2.37. The number of alkyl halides is 1. The minimum atomic E-state index is -0.854. The van der Waals surface area contributed by atoms with E-state index in [0.717, 1.165) is 0 Å². The Morgan fingerprint density at radius 3 is 2.54 bits per heavy atom. The van der Waals surface area contributed by atoms with E-state index in [0.29, 0.717) is 13.0 Å². The van der Waals surface area contributed by atoms with Gasteiger partial charge in [-0.1, -0.05) is 0 Å². The zero-order valence-corrected chi connectivity index (χ0v) is 8.34. The van der Waals surface area contributed by atoms with Crippen molar-refractivity contribution in [2.45, 2.75) is 33.4 Å². The molecule has 0 aromatic carbocycles. The Morgan fingerprint density at radius 2 is 2.15 bits per heavy atom. The van der Waals surface area contributed by atoms with Crippen molar-refractivity contribution in [3.63, 3.8) is 0 Å². The Bertz CT molecular complexity index is 200. The largest absolute Gasteiger partial charge is 0.367 e. The van der Waals surface area contributed by atoms with E-state index in [9.17, 15) is 9.18 Å². The summed E-state index contributed by atoms with van der Waals surface area (Å²) in [5.74, 6) is -0.304. The summed E-state index contributed by atoms with van der Waals surface area (Å²) in [7, 11) is 0. The lowest BCUT2D eigenvalue weighted by Gasteiger charge is -2.21. The highest BCUT2D eigenvalue weighted by Gasteiger charge is 2.30. The Morgan fingerprint density at radius 1 is 1.54 bits per heavy atom. The molecule has 0 amide bonds. The van der Waals surface area contributed by atoms with Crippen LogP contribution in [0.5, 0.6) is 0 Å². The van der Waals surface area contributed by atoms with Crippen molar-refractivity contribution in [2.24, 2.45) is 5.41 Å². The molecular weight excluding hydrogens is 173 g/mol. The Labute approximate surface area is 77.8 Å². The summed E-state index contributed by atoms with van der Waals surface area (Å²) in [5, 5.41) is 1.40. The van der Waals surface area contributed by atoms with Gasteiger partial charge in [0.15, 0.2) is 0 Å². The second-order valence-corrected chi connectivity index (χ2v) is 4.40. The van der Waals surface area contributed by atoms with Gasteiger partial charge in [-0.15, -0.1) is 5.06 Å². The highest BCUT2D eigenvalue weighted by Crippen LogP contribution is 2.19. The van der Waals surface area contributed by atoms with Crippen LogP contribution in [0.3, 0.4) is 0 Å². The summed E-state index contributed by atoms with van der Waals surface area (Å²) in [6.07, 6.45) is -0.398. The molecule has 0 aromatic heterocycles. The van der Waals surface area contributed by atoms with Gasteiger partial charge in [-0.05, 0) is 27.2 Å². The first-order valence-corrected chi connectivity index (χ1v) is 4.51. The molecule has 0 spiro atoms. The van der Waals surface area contributed by atoms with Gasteiger partial charge in [0.25, 0.3) is 0 Å². The van der Waals surface area contributed by atoms with Gasteiger partial charge in [0.1, 0.15) is 6.17 Å². The fourth-order valence-corrected chi connectivity index (χ4v) is 1.02. The zero-order chi connectivity index (χ0) is 10.1. The van der Waals surface area contributed by atoms with Gasteiger partial charge in [0.2, 0.25) is 0 Å². The zero-order valence-electron chi connectivity index (χ0n) is 8.34. The molecule has 1 atom stereocenters. The molecule has 0 N–H and O–H groups in total. The number of halogens is 1. The lowest BCUT2D eigenvalue weighted by molar-refractivity contribution is -0.195. The number of hydrogen-bond donors (Lipinski definition) is 0. The summed E-state index contributed by atoms with van der Waals surface area (Å²) in [6, 6.07) is 0. The molecule has 1 rings (SSSR count). The molecular formula is C9H16FNO2. The summed E-state index contributed by atoms with van der Waals surface area (Å²) < 4.78 is 12.7. The third-order valence-corrected chi connectivity index (χ3v) is 1.92. The van der Waals surface area contributed by atoms with Crippen LogP contribution in [-0.2, 0) is 9.63 Å². The van der Waals surface area contributed by atoms with E-state index in [2.05, 4.69) is 0 Å². The van der Waals surface area contributed by atoms with E-state index in [4.69, 9.17) is 4.84 Å². The number of nitrogens with zero attached hydrogens (tertiary/aromatic N) is 1. The Kier molecular flexibility index (Phi) is 2.91. The van der Waals surface area contributed by atoms with Crippen LogP contribution in [-0.4, -0.2) is 30.3 Å². The monoisotopic (exact) mass is 189 g/mol. The normalized spacial score (nSPS) is 24.8. The minimum Gasteiger partial charge on any atom is -0.367 e. The fourth-order valence-electron chi connectivity index (χ4n) is 1.02. The average Bonchev–Trinajstić information content (AvgIpc) is 2.33. The van der Waals surface area contributed by atoms with Crippen LogP contribution in [0.15, 0.2) is 0 Å². The van der Waals surface area contributed by atoms with E-state index in [1.54, 1.807) is 20.8 Å². The standard InChI is InChI=1S/C9H16FNO2/c1-9(2,3)8(12)13-11-5-4-7(10)6-11/h7H,4-6H2,1-3H3. The van der Waals surface area contributed by atoms with E-state index in [1.165, 1.54) is 5.06 Å². The average molecular weight is 189 g/mol. The quantitative estimate of drug-likeness (QED) is 0.626. The molecule has 3 nitrogen and oxygen atoms in total. The summed E-state index contributed by atoms with van der Waals surface area (Å²) in [5.41, 5.74) is -0.519. The van der Waals surface area contributed by atoms with Gasteiger partial charge in [-0.25, -0.2) is 9.18 Å². The summed E-state index contributed by atoms with van der Waals surface area (Å²) >= 11 is 0. The summed E-state index contributed by atoms with van der Waals surface area (Å²) in [6.45, 7) is 6.04. The molecule has 1 saturated heterocycles. The van der Waals surface area contributed by atoms with E-state index < -0.39 is 11.6 Å². The lowest BCUT2D eigenvalue weighted by Crippen LogP contribution is -2.32. The van der Waals surface area contributed by atoms with Crippen LogP contribution in [0.25, 0.3) is 0 Å². The molecule has 0 aromatic rings. The third kappa shape index (κ3) is 2.95. The first-order valence-electron chi connectivity index (χ1n) is 4.51. The molecule has 0 aliphatic carbocycles. The van der Waals surface area contributed by atoms with E-state index in [-0.39, 0.29) is 12.5 Å². The number of rotatable bonds is 1. The molecule has 1 heterocycles. The summed E-state index contributed by atoms with van der Waals surface area (Å²) in [4.78, 5) is 16.3. The number of carbonyl (C=O) groups excluding carboxylic acids is 1. The molecule has 0 radical (unpaired) electrons. The van der Waals surface area contributed by atoms with Crippen molar-refractivity contribution in [1.29, 1.82) is 0 Å². The van der Waals surface area contributed by atoms with Crippen molar-refractivity contribution in [3.05, 3.63) is 0 Å². The van der Waals surface area contributed by atoms with Crippen LogP contribution < -0.4 is 0 Å². The molecule has 1 aliphatic rings. The van der Waals surface area contributed by atoms with Gasteiger partial charge in [-0.3, -0.25) is 0 Å². The smallest absolute Gasteiger partial charge is 0.330 e. The number of hydroxylamine groups is 2. The number of hydrogen-bond acceptors (Lipinski definition) is 3. The van der Waals surface area contributed by atoms with Crippen molar-refractivity contribution < 1.29 is 14.0 Å². The van der Waals surface area contributed by atoms with E-state index >= 15 is 0 Å². The van der Waals surface area contributed by atoms with Crippen LogP contribution in [0.4, 0.5) is 4.39 Å². The maximum absolute atomic E-state index is 12.7. The van der Waals surface area contributed by atoms with Gasteiger partial charge in [0, 0.05) is 6.54 Å². The Hall–Kier alpha value is -0.640. The second kappa shape index (κ2) is 3.62. The molecule has 1 fully saturated rings. The van der Waals surface area contributed by atoms with Crippen LogP contribution in [0, 0.1) is 5.41 Å². The fraction of sp³-hybridized carbons (Fsp3) is 0.889. The first kappa shape index (κ1) is 10.4. The lowest BCUT2D eigenvalue weighted by atomic mass is 9.98. The van der Waals surface area contributed by atoms with Gasteiger partial charge >= 0.3 is 5.97 Å². The van der Waals surface area contributed by atoms with Gasteiger partial charge in [-0.2, -0.15) is 0 Å². The van der Waals surface area contributed by atoms with Crippen LogP contribution >= 0.6 is 0 Å². The van der Waals surface area contributed by atoms with Crippen LogP contribution in [0.2, 0.25) is 0 Å². The molecule has 1 unspecified atom stereocenters. The van der Waals surface area contributed by atoms with Crippen molar-refractivity contribution in [3.8, 4) is 0 Å². The molecule has 13 heavy (non-hydrogen) atoms. The van der Waals surface area contributed by atoms with Crippen molar-refractivity contribution >= 4 is 5.97 Å². The molecule has 1 aliphatic heterocycles. The molecule has 0 saturated carbocycles. The molecule has 76 valence electrons. The second-order valence-electron chi connectivity index (χ2n) is 4.40. The minimum absolute atomic E-state index is 0.210. The van der Waals surface area contributed by atoms with Crippen LogP contribution in [0.1, 0.15) is 27.2 Å². The van der Waals surface area contributed by atoms with Crippen molar-refractivity contribution in [2.75, 3.05) is 13.1 Å². The topological polar surface area (TPSA) is 29.5 Å². The molecule has 0 bridgehead atoms. The highest BCUT2D eigenvalue weighted by molar-refractivity contribution is 5.75. The number of carbonyl (C=O) groups is 1. The predicted octanol–water partition coefficient (Wildman–Crippen LogP) is 1.53. The maximum atomic E-state index is 12.7. The van der Waals surface area contributed by atoms with Gasteiger partial charge < -0.3 is 4.84 Å². The highest BCUT2D eigenvalue weighted by atomic mass is 19.1. The predicted molar refractivity (Wildman–Crippen MR) is 46.6 cm³/mol. The molecule has 4 heteroatoms.